The van der Waals surface area contributed by atoms with Crippen LogP contribution in [0.5, 0.6) is 0 Å². The average molecular weight is 264 g/mol. The standard InChI is InChI=1S/C15H28N4/c1-13(12-19-9-5-6-10-19)11-17-15(16-2)18-14-7-3-4-8-14/h3-4,13-14H,5-12H2,1-2H3,(H2,16,17,18). The SMILES string of the molecule is CN=C(NCC(C)CN1CCCC1)NC1CC=CC1. The fraction of sp³-hybridized carbons (Fsp3) is 0.800. The van der Waals surface area contributed by atoms with Crippen molar-refractivity contribution in [3.63, 3.8) is 0 Å². The Labute approximate surface area is 117 Å². The number of rotatable bonds is 5. The van der Waals surface area contributed by atoms with Crippen molar-refractivity contribution in [3.8, 4) is 0 Å². The zero-order valence-corrected chi connectivity index (χ0v) is 12.4. The summed E-state index contributed by atoms with van der Waals surface area (Å²) in [4.78, 5) is 6.88. The van der Waals surface area contributed by atoms with Crippen molar-refractivity contribution in [2.75, 3.05) is 33.2 Å². The quantitative estimate of drug-likeness (QED) is 0.450. The number of hydrogen-bond donors (Lipinski definition) is 2. The highest BCUT2D eigenvalue weighted by Crippen LogP contribution is 2.10. The maximum absolute atomic E-state index is 4.31. The molecule has 2 rings (SSSR count). The van der Waals surface area contributed by atoms with E-state index in [0.717, 1.165) is 25.3 Å². The molecule has 4 nitrogen and oxygen atoms in total. The van der Waals surface area contributed by atoms with Gasteiger partial charge < -0.3 is 15.5 Å². The van der Waals surface area contributed by atoms with Crippen molar-refractivity contribution in [1.29, 1.82) is 0 Å². The van der Waals surface area contributed by atoms with Gasteiger partial charge in [0.05, 0.1) is 0 Å². The first-order chi connectivity index (χ1) is 9.28. The largest absolute Gasteiger partial charge is 0.356 e. The monoisotopic (exact) mass is 264 g/mol. The molecule has 1 aliphatic heterocycles. The van der Waals surface area contributed by atoms with Crippen molar-refractivity contribution in [2.24, 2.45) is 10.9 Å². The van der Waals surface area contributed by atoms with Crippen molar-refractivity contribution in [2.45, 2.75) is 38.6 Å². The predicted molar refractivity (Wildman–Crippen MR) is 81.5 cm³/mol. The second-order valence-electron chi connectivity index (χ2n) is 5.85. The van der Waals surface area contributed by atoms with Crippen molar-refractivity contribution in [1.82, 2.24) is 15.5 Å². The Balaban J connectivity index is 1.64. The van der Waals surface area contributed by atoms with Crippen LogP contribution in [0, 0.1) is 5.92 Å². The van der Waals surface area contributed by atoms with Gasteiger partial charge in [0.1, 0.15) is 0 Å². The van der Waals surface area contributed by atoms with Crippen LogP contribution in [-0.2, 0) is 0 Å². The lowest BCUT2D eigenvalue weighted by molar-refractivity contribution is 0.287. The molecule has 0 saturated carbocycles. The second kappa shape index (κ2) is 7.53. The molecular formula is C15H28N4. The van der Waals surface area contributed by atoms with E-state index in [2.05, 4.69) is 39.6 Å². The molecule has 2 aliphatic rings. The Morgan fingerprint density at radius 1 is 1.32 bits per heavy atom. The Morgan fingerprint density at radius 2 is 2.00 bits per heavy atom. The van der Waals surface area contributed by atoms with Crippen LogP contribution < -0.4 is 10.6 Å². The lowest BCUT2D eigenvalue weighted by Gasteiger charge is -2.22. The van der Waals surface area contributed by atoms with Crippen molar-refractivity contribution < 1.29 is 0 Å². The Kier molecular flexibility index (Phi) is 5.70. The summed E-state index contributed by atoms with van der Waals surface area (Å²) >= 11 is 0. The first-order valence-electron chi connectivity index (χ1n) is 7.62. The lowest BCUT2D eigenvalue weighted by Crippen LogP contribution is -2.44. The highest BCUT2D eigenvalue weighted by molar-refractivity contribution is 5.80. The van der Waals surface area contributed by atoms with E-state index in [1.165, 1.54) is 32.5 Å². The first-order valence-corrected chi connectivity index (χ1v) is 7.62. The number of likely N-dealkylation sites (tertiary alicyclic amines) is 1. The van der Waals surface area contributed by atoms with Gasteiger partial charge in [-0.15, -0.1) is 0 Å². The number of nitrogens with one attached hydrogen (secondary N) is 2. The van der Waals surface area contributed by atoms with E-state index in [0.29, 0.717) is 12.0 Å². The maximum Gasteiger partial charge on any atom is 0.191 e. The normalized spacial score (nSPS) is 22.9. The van der Waals surface area contributed by atoms with Gasteiger partial charge in [0.15, 0.2) is 5.96 Å². The minimum Gasteiger partial charge on any atom is -0.356 e. The molecule has 1 heterocycles. The molecule has 0 aromatic rings. The summed E-state index contributed by atoms with van der Waals surface area (Å²) in [5, 5.41) is 6.93. The van der Waals surface area contributed by atoms with Crippen LogP contribution in [0.4, 0.5) is 0 Å². The summed E-state index contributed by atoms with van der Waals surface area (Å²) in [5.41, 5.74) is 0. The van der Waals surface area contributed by atoms with Crippen LogP contribution >= 0.6 is 0 Å². The zero-order chi connectivity index (χ0) is 13.5. The Morgan fingerprint density at radius 3 is 2.63 bits per heavy atom. The molecule has 0 aromatic heterocycles. The fourth-order valence-corrected chi connectivity index (χ4v) is 2.86. The number of nitrogens with zero attached hydrogens (tertiary/aromatic N) is 2. The third-order valence-corrected chi connectivity index (χ3v) is 3.96. The number of aliphatic imine (C=N–C) groups is 1. The van der Waals surface area contributed by atoms with E-state index < -0.39 is 0 Å². The lowest BCUT2D eigenvalue weighted by atomic mass is 10.1. The van der Waals surface area contributed by atoms with Gasteiger partial charge >= 0.3 is 0 Å². The maximum atomic E-state index is 4.31. The molecule has 0 bridgehead atoms. The fourth-order valence-electron chi connectivity index (χ4n) is 2.86. The van der Waals surface area contributed by atoms with Gasteiger partial charge in [0.2, 0.25) is 0 Å². The molecule has 108 valence electrons. The first kappa shape index (κ1) is 14.4. The van der Waals surface area contributed by atoms with E-state index in [4.69, 9.17) is 0 Å². The summed E-state index contributed by atoms with van der Waals surface area (Å²) in [6.07, 6.45) is 9.45. The molecular weight excluding hydrogens is 236 g/mol. The Hall–Kier alpha value is -1.03. The van der Waals surface area contributed by atoms with E-state index >= 15 is 0 Å². The van der Waals surface area contributed by atoms with Gasteiger partial charge in [0, 0.05) is 26.2 Å². The minimum absolute atomic E-state index is 0.528. The molecule has 1 unspecified atom stereocenters. The summed E-state index contributed by atoms with van der Waals surface area (Å²) in [6, 6.07) is 0.528. The molecule has 4 heteroatoms. The highest BCUT2D eigenvalue weighted by Gasteiger charge is 2.15. The second-order valence-corrected chi connectivity index (χ2v) is 5.85. The number of hydrogen-bond acceptors (Lipinski definition) is 2. The summed E-state index contributed by atoms with van der Waals surface area (Å²) in [6.45, 7) is 7.08. The van der Waals surface area contributed by atoms with Gasteiger partial charge in [0.25, 0.3) is 0 Å². The highest BCUT2D eigenvalue weighted by atomic mass is 15.2. The van der Waals surface area contributed by atoms with Crippen LogP contribution in [-0.4, -0.2) is 50.1 Å². The van der Waals surface area contributed by atoms with E-state index in [-0.39, 0.29) is 0 Å². The van der Waals surface area contributed by atoms with Crippen LogP contribution in [0.15, 0.2) is 17.1 Å². The van der Waals surface area contributed by atoms with Gasteiger partial charge in [-0.25, -0.2) is 0 Å². The van der Waals surface area contributed by atoms with Crippen molar-refractivity contribution >= 4 is 5.96 Å². The number of guanidine groups is 1. The van der Waals surface area contributed by atoms with E-state index in [9.17, 15) is 0 Å². The summed E-state index contributed by atoms with van der Waals surface area (Å²) in [7, 11) is 1.85. The molecule has 0 spiro atoms. The van der Waals surface area contributed by atoms with Gasteiger partial charge in [-0.2, -0.15) is 0 Å². The van der Waals surface area contributed by atoms with Gasteiger partial charge in [-0.05, 0) is 44.7 Å². The molecule has 0 radical (unpaired) electrons. The molecule has 0 aromatic carbocycles. The smallest absolute Gasteiger partial charge is 0.191 e. The van der Waals surface area contributed by atoms with Crippen LogP contribution in [0.2, 0.25) is 0 Å². The average Bonchev–Trinajstić information content (AvgIpc) is 3.07. The van der Waals surface area contributed by atoms with Gasteiger partial charge in [-0.1, -0.05) is 19.1 Å². The van der Waals surface area contributed by atoms with E-state index in [1.807, 2.05) is 7.05 Å². The molecule has 19 heavy (non-hydrogen) atoms. The molecule has 2 N–H and O–H groups in total. The summed E-state index contributed by atoms with van der Waals surface area (Å²) < 4.78 is 0. The van der Waals surface area contributed by atoms with Gasteiger partial charge in [-0.3, -0.25) is 4.99 Å². The minimum atomic E-state index is 0.528. The molecule has 1 saturated heterocycles. The predicted octanol–water partition coefficient (Wildman–Crippen LogP) is 1.60. The molecule has 1 fully saturated rings. The third kappa shape index (κ3) is 4.86. The zero-order valence-electron chi connectivity index (χ0n) is 12.4. The molecule has 0 amide bonds. The topological polar surface area (TPSA) is 39.7 Å². The van der Waals surface area contributed by atoms with E-state index in [1.54, 1.807) is 0 Å². The van der Waals surface area contributed by atoms with Crippen LogP contribution in [0.25, 0.3) is 0 Å². The van der Waals surface area contributed by atoms with Crippen molar-refractivity contribution in [3.05, 3.63) is 12.2 Å². The van der Waals surface area contributed by atoms with Crippen LogP contribution in [0.3, 0.4) is 0 Å². The summed E-state index contributed by atoms with van der Waals surface area (Å²) in [5.74, 6) is 1.61. The molecule has 1 atom stereocenters. The third-order valence-electron chi connectivity index (χ3n) is 3.96. The van der Waals surface area contributed by atoms with Crippen LogP contribution in [0.1, 0.15) is 32.6 Å². The molecule has 1 aliphatic carbocycles. The Bertz CT molecular complexity index is 310.